The number of benzene rings is 1. The average Bonchev–Trinajstić information content (AvgIpc) is 2.82. The molecular weight excluding hydrogens is 219 g/mol. The maximum atomic E-state index is 13.2. The lowest BCUT2D eigenvalue weighted by atomic mass is 9.98. The maximum Gasteiger partial charge on any atom is 0.139 e. The lowest BCUT2D eigenvalue weighted by molar-refractivity contribution is 0.209. The summed E-state index contributed by atoms with van der Waals surface area (Å²) in [5.41, 5.74) is 1.54. The number of aryl methyl sites for hydroxylation is 1. The molecule has 17 heavy (non-hydrogen) atoms. The SMILES string of the molecule is CCCc1cc(F)ccc1C(O)c1ncc[nH]1. The minimum absolute atomic E-state index is 0.274. The van der Waals surface area contributed by atoms with Gasteiger partial charge in [-0.1, -0.05) is 19.4 Å². The molecule has 0 saturated heterocycles. The number of hydrogen-bond donors (Lipinski definition) is 2. The number of H-pyrrole nitrogens is 1. The van der Waals surface area contributed by atoms with Gasteiger partial charge in [-0.05, 0) is 29.7 Å². The average molecular weight is 234 g/mol. The highest BCUT2D eigenvalue weighted by Crippen LogP contribution is 2.24. The van der Waals surface area contributed by atoms with Crippen LogP contribution in [0.2, 0.25) is 0 Å². The molecule has 2 aromatic rings. The number of nitrogens with zero attached hydrogens (tertiary/aromatic N) is 1. The standard InChI is InChI=1S/C13H15FN2O/c1-2-3-9-8-10(14)4-5-11(9)12(17)13-15-6-7-16-13/h4-8,12,17H,2-3H2,1H3,(H,15,16). The Kier molecular flexibility index (Phi) is 3.54. The van der Waals surface area contributed by atoms with Gasteiger partial charge < -0.3 is 10.1 Å². The second-order valence-electron chi connectivity index (χ2n) is 3.97. The van der Waals surface area contributed by atoms with Crippen molar-refractivity contribution in [3.63, 3.8) is 0 Å². The minimum atomic E-state index is -0.827. The smallest absolute Gasteiger partial charge is 0.139 e. The van der Waals surface area contributed by atoms with E-state index in [1.54, 1.807) is 18.5 Å². The van der Waals surface area contributed by atoms with Gasteiger partial charge in [-0.25, -0.2) is 9.37 Å². The first kappa shape index (κ1) is 11.8. The molecule has 0 aliphatic rings. The van der Waals surface area contributed by atoms with Gasteiger partial charge in [0, 0.05) is 12.4 Å². The molecule has 1 atom stereocenters. The fraction of sp³-hybridized carbons (Fsp3) is 0.308. The van der Waals surface area contributed by atoms with Crippen LogP contribution in [0.5, 0.6) is 0 Å². The topological polar surface area (TPSA) is 48.9 Å². The highest BCUT2D eigenvalue weighted by atomic mass is 19.1. The summed E-state index contributed by atoms with van der Waals surface area (Å²) in [6.07, 6.45) is 4.06. The van der Waals surface area contributed by atoms with E-state index in [4.69, 9.17) is 0 Å². The number of hydrogen-bond acceptors (Lipinski definition) is 2. The predicted octanol–water partition coefficient (Wildman–Crippen LogP) is 2.58. The molecule has 3 nitrogen and oxygen atoms in total. The van der Waals surface area contributed by atoms with Crippen LogP contribution in [0.1, 0.15) is 36.4 Å². The summed E-state index contributed by atoms with van der Waals surface area (Å²) in [6, 6.07) is 4.46. The van der Waals surface area contributed by atoms with Gasteiger partial charge in [0.05, 0.1) is 0 Å². The summed E-state index contributed by atoms with van der Waals surface area (Å²) >= 11 is 0. The number of nitrogens with one attached hydrogen (secondary N) is 1. The van der Waals surface area contributed by atoms with Crippen LogP contribution in [0.25, 0.3) is 0 Å². The van der Waals surface area contributed by atoms with Crippen molar-refractivity contribution in [3.05, 3.63) is 53.4 Å². The van der Waals surface area contributed by atoms with Gasteiger partial charge in [0.1, 0.15) is 17.7 Å². The second kappa shape index (κ2) is 5.10. The van der Waals surface area contributed by atoms with Crippen LogP contribution >= 0.6 is 0 Å². The number of aromatic amines is 1. The van der Waals surface area contributed by atoms with Gasteiger partial charge in [-0.3, -0.25) is 0 Å². The third-order valence-electron chi connectivity index (χ3n) is 2.70. The van der Waals surface area contributed by atoms with Gasteiger partial charge in [0.2, 0.25) is 0 Å². The number of aliphatic hydroxyl groups excluding tert-OH is 1. The van der Waals surface area contributed by atoms with E-state index < -0.39 is 6.10 Å². The molecule has 1 aromatic carbocycles. The molecule has 0 fully saturated rings. The molecule has 0 bridgehead atoms. The highest BCUT2D eigenvalue weighted by Gasteiger charge is 2.16. The summed E-state index contributed by atoms with van der Waals surface area (Å²) < 4.78 is 13.2. The lowest BCUT2D eigenvalue weighted by Crippen LogP contribution is -2.06. The molecule has 0 aliphatic heterocycles. The summed E-state index contributed by atoms with van der Waals surface area (Å²) in [5.74, 6) is 0.206. The molecule has 0 spiro atoms. The molecule has 90 valence electrons. The van der Waals surface area contributed by atoms with Gasteiger partial charge >= 0.3 is 0 Å². The maximum absolute atomic E-state index is 13.2. The number of rotatable bonds is 4. The Morgan fingerprint density at radius 2 is 2.29 bits per heavy atom. The molecule has 2 rings (SSSR count). The Morgan fingerprint density at radius 3 is 2.94 bits per heavy atom. The van der Waals surface area contributed by atoms with Crippen molar-refractivity contribution in [2.24, 2.45) is 0 Å². The Balaban J connectivity index is 2.37. The Labute approximate surface area is 99.3 Å². The zero-order valence-electron chi connectivity index (χ0n) is 9.65. The predicted molar refractivity (Wildman–Crippen MR) is 63.0 cm³/mol. The van der Waals surface area contributed by atoms with E-state index in [0.29, 0.717) is 11.4 Å². The molecule has 0 aliphatic carbocycles. The van der Waals surface area contributed by atoms with Crippen molar-refractivity contribution in [2.75, 3.05) is 0 Å². The molecule has 0 saturated carbocycles. The fourth-order valence-electron chi connectivity index (χ4n) is 1.90. The van der Waals surface area contributed by atoms with Crippen molar-refractivity contribution < 1.29 is 9.50 Å². The Bertz CT molecular complexity index is 482. The summed E-state index contributed by atoms with van der Waals surface area (Å²) in [7, 11) is 0. The zero-order chi connectivity index (χ0) is 12.3. The normalized spacial score (nSPS) is 12.6. The fourth-order valence-corrected chi connectivity index (χ4v) is 1.90. The van der Waals surface area contributed by atoms with Crippen molar-refractivity contribution >= 4 is 0 Å². The van der Waals surface area contributed by atoms with Crippen molar-refractivity contribution in [1.29, 1.82) is 0 Å². The molecular formula is C13H15FN2O. The van der Waals surface area contributed by atoms with Crippen LogP contribution < -0.4 is 0 Å². The van der Waals surface area contributed by atoms with E-state index in [0.717, 1.165) is 18.4 Å². The summed E-state index contributed by atoms with van der Waals surface area (Å²) in [5, 5.41) is 10.2. The van der Waals surface area contributed by atoms with Gasteiger partial charge in [0.15, 0.2) is 0 Å². The van der Waals surface area contributed by atoms with E-state index in [1.807, 2.05) is 6.92 Å². The molecule has 1 aromatic heterocycles. The van der Waals surface area contributed by atoms with Crippen LogP contribution in [0, 0.1) is 5.82 Å². The van der Waals surface area contributed by atoms with Gasteiger partial charge in [-0.15, -0.1) is 0 Å². The quantitative estimate of drug-likeness (QED) is 0.854. The molecule has 1 unspecified atom stereocenters. The molecule has 0 radical (unpaired) electrons. The molecule has 2 N–H and O–H groups in total. The molecule has 1 heterocycles. The number of halogens is 1. The van der Waals surface area contributed by atoms with E-state index in [9.17, 15) is 9.50 Å². The van der Waals surface area contributed by atoms with E-state index >= 15 is 0 Å². The van der Waals surface area contributed by atoms with Crippen molar-refractivity contribution in [2.45, 2.75) is 25.9 Å². The van der Waals surface area contributed by atoms with E-state index in [1.165, 1.54) is 12.1 Å². The summed E-state index contributed by atoms with van der Waals surface area (Å²) in [4.78, 5) is 6.88. The van der Waals surface area contributed by atoms with Crippen LogP contribution in [-0.4, -0.2) is 15.1 Å². The Hall–Kier alpha value is -1.68. The van der Waals surface area contributed by atoms with Crippen LogP contribution in [0.3, 0.4) is 0 Å². The van der Waals surface area contributed by atoms with Crippen LogP contribution in [0.15, 0.2) is 30.6 Å². The lowest BCUT2D eigenvalue weighted by Gasteiger charge is -2.13. The highest BCUT2D eigenvalue weighted by molar-refractivity contribution is 5.33. The monoisotopic (exact) mass is 234 g/mol. The van der Waals surface area contributed by atoms with Gasteiger partial charge in [0.25, 0.3) is 0 Å². The third kappa shape index (κ3) is 2.53. The second-order valence-corrected chi connectivity index (χ2v) is 3.97. The Morgan fingerprint density at radius 1 is 1.47 bits per heavy atom. The third-order valence-corrected chi connectivity index (χ3v) is 2.70. The van der Waals surface area contributed by atoms with Crippen LogP contribution in [-0.2, 0) is 6.42 Å². The number of imidazole rings is 1. The number of aliphatic hydroxyl groups is 1. The molecule has 0 amide bonds. The largest absolute Gasteiger partial charge is 0.380 e. The summed E-state index contributed by atoms with van der Waals surface area (Å²) in [6.45, 7) is 2.02. The van der Waals surface area contributed by atoms with Crippen LogP contribution in [0.4, 0.5) is 4.39 Å². The van der Waals surface area contributed by atoms with Crippen molar-refractivity contribution in [1.82, 2.24) is 9.97 Å². The zero-order valence-corrected chi connectivity index (χ0v) is 9.65. The van der Waals surface area contributed by atoms with E-state index in [-0.39, 0.29) is 5.82 Å². The first-order valence-electron chi connectivity index (χ1n) is 5.68. The number of aromatic nitrogens is 2. The molecule has 4 heteroatoms. The van der Waals surface area contributed by atoms with Crippen molar-refractivity contribution in [3.8, 4) is 0 Å². The minimum Gasteiger partial charge on any atom is -0.380 e. The van der Waals surface area contributed by atoms with Gasteiger partial charge in [-0.2, -0.15) is 0 Å². The first-order chi connectivity index (χ1) is 8.22. The first-order valence-corrected chi connectivity index (χ1v) is 5.68. The van der Waals surface area contributed by atoms with E-state index in [2.05, 4.69) is 9.97 Å².